The van der Waals surface area contributed by atoms with Crippen molar-refractivity contribution in [2.45, 2.75) is 32.0 Å². The Morgan fingerprint density at radius 2 is 1.89 bits per heavy atom. The number of alkyl halides is 3. The van der Waals surface area contributed by atoms with Gasteiger partial charge in [-0.05, 0) is 50.1 Å². The van der Waals surface area contributed by atoms with Crippen molar-refractivity contribution in [2.24, 2.45) is 0 Å². The molecule has 4 aromatic rings. The average Bonchev–Trinajstić information content (AvgIpc) is 3.54. The third kappa shape index (κ3) is 4.62. The van der Waals surface area contributed by atoms with Crippen molar-refractivity contribution in [3.8, 4) is 11.3 Å². The van der Waals surface area contributed by atoms with E-state index in [4.69, 9.17) is 4.98 Å². The van der Waals surface area contributed by atoms with Gasteiger partial charge in [0.1, 0.15) is 11.6 Å². The van der Waals surface area contributed by atoms with E-state index in [1.807, 2.05) is 17.5 Å². The number of likely N-dealkylation sites (tertiary alicyclic amines) is 1. The van der Waals surface area contributed by atoms with Gasteiger partial charge in [-0.3, -0.25) is 19.0 Å². The van der Waals surface area contributed by atoms with Crippen LogP contribution in [0.2, 0.25) is 0 Å². The van der Waals surface area contributed by atoms with E-state index < -0.39 is 17.6 Å². The highest BCUT2D eigenvalue weighted by Gasteiger charge is 2.33. The van der Waals surface area contributed by atoms with E-state index in [1.165, 1.54) is 6.08 Å². The van der Waals surface area contributed by atoms with Crippen LogP contribution in [0.5, 0.6) is 0 Å². The molecule has 0 bridgehead atoms. The predicted molar refractivity (Wildman–Crippen MR) is 134 cm³/mol. The molecule has 194 valence electrons. The summed E-state index contributed by atoms with van der Waals surface area (Å²) in [4.78, 5) is 40.0. The van der Waals surface area contributed by atoms with Crippen LogP contribution in [0, 0.1) is 6.92 Å². The molecule has 0 aliphatic carbocycles. The van der Waals surface area contributed by atoms with Crippen LogP contribution in [0.15, 0.2) is 67.6 Å². The van der Waals surface area contributed by atoms with Gasteiger partial charge >= 0.3 is 6.18 Å². The summed E-state index contributed by atoms with van der Waals surface area (Å²) in [6.45, 7) is 6.10. The van der Waals surface area contributed by atoms with E-state index in [0.717, 1.165) is 47.9 Å². The normalized spacial score (nSPS) is 15.6. The third-order valence-electron chi connectivity index (χ3n) is 6.52. The number of fused-ring (bicyclic) bond motifs is 1. The highest BCUT2D eigenvalue weighted by Crippen LogP contribution is 2.36. The zero-order chi connectivity index (χ0) is 27.0. The number of rotatable bonds is 5. The summed E-state index contributed by atoms with van der Waals surface area (Å²) < 4.78 is 40.9. The van der Waals surface area contributed by atoms with Crippen LogP contribution in [0.25, 0.3) is 16.8 Å². The van der Waals surface area contributed by atoms with E-state index in [1.54, 1.807) is 35.4 Å². The number of hydrogen-bond acceptors (Lipinski definition) is 5. The molecular formula is C27H23F3N6O2. The Kier molecular flexibility index (Phi) is 6.43. The van der Waals surface area contributed by atoms with E-state index in [-0.39, 0.29) is 23.3 Å². The standard InChI is InChI=1S/C27H23F3N6O2/c1-3-22(37)35-13-4-5-20(35)25-34-23(24-16(2)31-12-14-36(24)25)17-6-8-18(9-7-17)26(38)33-21-15-19(10-11-32-21)27(28,29)30/h3,6-12,14-15,20H,1,4-5,13H2,2H3,(H,32,33,38)/t20-/m0/s1. The maximum absolute atomic E-state index is 13.0. The number of halogens is 3. The van der Waals surface area contributed by atoms with Crippen LogP contribution < -0.4 is 5.32 Å². The van der Waals surface area contributed by atoms with Crippen molar-refractivity contribution < 1.29 is 22.8 Å². The zero-order valence-corrected chi connectivity index (χ0v) is 20.4. The van der Waals surface area contributed by atoms with Gasteiger partial charge in [-0.2, -0.15) is 13.2 Å². The summed E-state index contributed by atoms with van der Waals surface area (Å²) in [6.07, 6.45) is 2.87. The van der Waals surface area contributed by atoms with Crippen molar-refractivity contribution in [1.82, 2.24) is 24.3 Å². The summed E-state index contributed by atoms with van der Waals surface area (Å²) in [6, 6.07) is 7.97. The minimum Gasteiger partial charge on any atom is -0.329 e. The second-order valence-corrected chi connectivity index (χ2v) is 8.90. The summed E-state index contributed by atoms with van der Waals surface area (Å²) >= 11 is 0. The van der Waals surface area contributed by atoms with Gasteiger partial charge in [0.05, 0.1) is 28.5 Å². The second-order valence-electron chi connectivity index (χ2n) is 8.90. The van der Waals surface area contributed by atoms with Gasteiger partial charge in [0, 0.05) is 36.3 Å². The number of imidazole rings is 1. The molecule has 0 spiro atoms. The molecule has 2 amide bonds. The highest BCUT2D eigenvalue weighted by molar-refractivity contribution is 6.04. The van der Waals surface area contributed by atoms with Crippen LogP contribution in [-0.4, -0.2) is 42.6 Å². The predicted octanol–water partition coefficient (Wildman–Crippen LogP) is 5.22. The van der Waals surface area contributed by atoms with E-state index in [9.17, 15) is 22.8 Å². The summed E-state index contributed by atoms with van der Waals surface area (Å²) in [5.41, 5.74) is 2.24. The number of benzene rings is 1. The molecule has 1 aliphatic rings. The van der Waals surface area contributed by atoms with Crippen LogP contribution in [0.1, 0.15) is 46.3 Å². The van der Waals surface area contributed by atoms with Crippen molar-refractivity contribution in [1.29, 1.82) is 0 Å². The summed E-state index contributed by atoms with van der Waals surface area (Å²) in [5.74, 6) is -0.232. The number of anilines is 1. The molecule has 1 fully saturated rings. The van der Waals surface area contributed by atoms with Gasteiger partial charge in [0.2, 0.25) is 5.91 Å². The number of nitrogens with one attached hydrogen (secondary N) is 1. The first-order valence-electron chi connectivity index (χ1n) is 11.9. The first-order chi connectivity index (χ1) is 18.2. The second kappa shape index (κ2) is 9.73. The smallest absolute Gasteiger partial charge is 0.329 e. The topological polar surface area (TPSA) is 92.5 Å². The number of pyridine rings is 1. The van der Waals surface area contributed by atoms with E-state index >= 15 is 0 Å². The average molecular weight is 521 g/mol. The third-order valence-corrected chi connectivity index (χ3v) is 6.52. The lowest BCUT2D eigenvalue weighted by Gasteiger charge is -2.22. The minimum absolute atomic E-state index is 0.151. The molecule has 8 nitrogen and oxygen atoms in total. The maximum Gasteiger partial charge on any atom is 0.416 e. The Labute approximate surface area is 215 Å². The maximum atomic E-state index is 13.0. The molecule has 1 aromatic carbocycles. The van der Waals surface area contributed by atoms with Crippen LogP contribution >= 0.6 is 0 Å². The number of carbonyl (C=O) groups excluding carboxylic acids is 2. The number of carbonyl (C=O) groups is 2. The molecule has 11 heteroatoms. The van der Waals surface area contributed by atoms with E-state index in [0.29, 0.717) is 18.1 Å². The van der Waals surface area contributed by atoms with Crippen molar-refractivity contribution >= 4 is 23.1 Å². The van der Waals surface area contributed by atoms with Gasteiger partial charge in [-0.1, -0.05) is 18.7 Å². The molecule has 38 heavy (non-hydrogen) atoms. The molecule has 3 aromatic heterocycles. The molecule has 1 aliphatic heterocycles. The first-order valence-corrected chi connectivity index (χ1v) is 11.9. The van der Waals surface area contributed by atoms with Gasteiger partial charge < -0.3 is 10.2 Å². The molecule has 0 unspecified atom stereocenters. The Balaban J connectivity index is 1.46. The Morgan fingerprint density at radius 3 is 2.61 bits per heavy atom. The van der Waals surface area contributed by atoms with Gasteiger partial charge in [-0.25, -0.2) is 9.97 Å². The molecule has 0 saturated carbocycles. The van der Waals surface area contributed by atoms with Crippen LogP contribution in [-0.2, 0) is 11.0 Å². The fraction of sp³-hybridized carbons (Fsp3) is 0.222. The monoisotopic (exact) mass is 520 g/mol. The molecule has 4 heterocycles. The quantitative estimate of drug-likeness (QED) is 0.364. The lowest BCUT2D eigenvalue weighted by atomic mass is 10.1. The van der Waals surface area contributed by atoms with Crippen molar-refractivity contribution in [3.05, 3.63) is 90.3 Å². The number of aromatic nitrogens is 4. The molecule has 1 atom stereocenters. The fourth-order valence-electron chi connectivity index (χ4n) is 4.72. The summed E-state index contributed by atoms with van der Waals surface area (Å²) in [5, 5.41) is 2.41. The lowest BCUT2D eigenvalue weighted by Crippen LogP contribution is -2.29. The van der Waals surface area contributed by atoms with Gasteiger partial charge in [0.25, 0.3) is 5.91 Å². The molecule has 5 rings (SSSR count). The molecular weight excluding hydrogens is 497 g/mol. The summed E-state index contributed by atoms with van der Waals surface area (Å²) in [7, 11) is 0. The largest absolute Gasteiger partial charge is 0.416 e. The molecule has 1 saturated heterocycles. The zero-order valence-electron chi connectivity index (χ0n) is 20.4. The Hall–Kier alpha value is -4.54. The fourth-order valence-corrected chi connectivity index (χ4v) is 4.72. The Bertz CT molecular complexity index is 1540. The van der Waals surface area contributed by atoms with E-state index in [2.05, 4.69) is 21.9 Å². The minimum atomic E-state index is -4.54. The first kappa shape index (κ1) is 25.1. The number of nitrogens with zero attached hydrogens (tertiary/aromatic N) is 5. The highest BCUT2D eigenvalue weighted by atomic mass is 19.4. The van der Waals surface area contributed by atoms with Crippen LogP contribution in [0.3, 0.4) is 0 Å². The van der Waals surface area contributed by atoms with Crippen molar-refractivity contribution in [3.63, 3.8) is 0 Å². The van der Waals surface area contributed by atoms with Crippen molar-refractivity contribution in [2.75, 3.05) is 11.9 Å². The van der Waals surface area contributed by atoms with Gasteiger partial charge in [-0.15, -0.1) is 0 Å². The number of aryl methyl sites for hydroxylation is 1. The number of hydrogen-bond donors (Lipinski definition) is 1. The van der Waals surface area contributed by atoms with Crippen LogP contribution in [0.4, 0.5) is 19.0 Å². The van der Waals surface area contributed by atoms with Gasteiger partial charge in [0.15, 0.2) is 0 Å². The molecule has 1 N–H and O–H groups in total. The number of amides is 2. The SMILES string of the molecule is C=CC(=O)N1CCC[C@H]1c1nc(-c2ccc(C(=O)Nc3cc(C(F)(F)F)ccn3)cc2)c2c(C)nccn12. The Morgan fingerprint density at radius 1 is 1.13 bits per heavy atom. The lowest BCUT2D eigenvalue weighted by molar-refractivity contribution is -0.137. The molecule has 0 radical (unpaired) electrons.